The average molecular weight is 388 g/mol. The van der Waals surface area contributed by atoms with E-state index in [2.05, 4.69) is 5.32 Å². The van der Waals surface area contributed by atoms with Crippen LogP contribution in [-0.4, -0.2) is 24.1 Å². The van der Waals surface area contributed by atoms with E-state index in [1.165, 1.54) is 13.8 Å². The summed E-state index contributed by atoms with van der Waals surface area (Å²) >= 11 is 0. The van der Waals surface area contributed by atoms with Crippen molar-refractivity contribution >= 4 is 28.3 Å². The third-order valence-corrected chi connectivity index (χ3v) is 4.34. The van der Waals surface area contributed by atoms with Gasteiger partial charge in [-0.15, -0.1) is 0 Å². The van der Waals surface area contributed by atoms with Gasteiger partial charge in [-0.25, -0.2) is 4.79 Å². The smallest absolute Gasteiger partial charge is 0.347 e. The Morgan fingerprint density at radius 3 is 2.34 bits per heavy atom. The molecule has 1 N–H and O–H groups in total. The zero-order valence-corrected chi connectivity index (χ0v) is 16.1. The minimum Gasteiger partial charge on any atom is -0.479 e. The maximum absolute atomic E-state index is 12.5. The molecule has 0 aromatic heterocycles. The number of rotatable bonds is 6. The van der Waals surface area contributed by atoms with Crippen molar-refractivity contribution in [3.63, 3.8) is 0 Å². The molecule has 0 saturated carbocycles. The van der Waals surface area contributed by atoms with Crippen LogP contribution in [0.1, 0.15) is 19.4 Å². The SMILES string of the molecule is C[C@H](Oc1ccc(C#N)cc1)C(=O)O[C@H](C)C(=O)Nc1cccc2ccccc12. The molecule has 3 aromatic rings. The van der Waals surface area contributed by atoms with Gasteiger partial charge in [-0.1, -0.05) is 36.4 Å². The van der Waals surface area contributed by atoms with E-state index in [1.807, 2.05) is 42.5 Å². The highest BCUT2D eigenvalue weighted by molar-refractivity contribution is 6.03. The van der Waals surface area contributed by atoms with Crippen molar-refractivity contribution in [1.29, 1.82) is 5.26 Å². The fourth-order valence-corrected chi connectivity index (χ4v) is 2.75. The summed E-state index contributed by atoms with van der Waals surface area (Å²) in [5.41, 5.74) is 1.14. The van der Waals surface area contributed by atoms with Gasteiger partial charge in [0.1, 0.15) is 5.75 Å². The Labute approximate surface area is 168 Å². The van der Waals surface area contributed by atoms with Gasteiger partial charge >= 0.3 is 5.97 Å². The predicted molar refractivity (Wildman–Crippen MR) is 109 cm³/mol. The molecular weight excluding hydrogens is 368 g/mol. The minimum atomic E-state index is -0.992. The molecule has 0 aliphatic heterocycles. The molecule has 1 amide bonds. The van der Waals surface area contributed by atoms with E-state index >= 15 is 0 Å². The Morgan fingerprint density at radius 2 is 1.62 bits per heavy atom. The number of hydrogen-bond acceptors (Lipinski definition) is 5. The number of nitriles is 1. The molecule has 6 heteroatoms. The van der Waals surface area contributed by atoms with Gasteiger partial charge in [0.05, 0.1) is 11.6 Å². The Hall–Kier alpha value is -3.85. The van der Waals surface area contributed by atoms with Crippen LogP contribution in [0, 0.1) is 11.3 Å². The quantitative estimate of drug-likeness (QED) is 0.644. The van der Waals surface area contributed by atoms with Gasteiger partial charge in [-0.05, 0) is 49.6 Å². The summed E-state index contributed by atoms with van der Waals surface area (Å²) in [5, 5.41) is 13.5. The Balaban J connectivity index is 1.59. The lowest BCUT2D eigenvalue weighted by atomic mass is 10.1. The molecule has 29 heavy (non-hydrogen) atoms. The van der Waals surface area contributed by atoms with Crippen LogP contribution in [0.15, 0.2) is 66.7 Å². The largest absolute Gasteiger partial charge is 0.479 e. The van der Waals surface area contributed by atoms with Crippen molar-refractivity contribution in [2.24, 2.45) is 0 Å². The van der Waals surface area contributed by atoms with Gasteiger partial charge in [0.15, 0.2) is 12.2 Å². The molecule has 0 spiro atoms. The maximum Gasteiger partial charge on any atom is 0.347 e. The Kier molecular flexibility index (Phi) is 6.10. The number of carbonyl (C=O) groups excluding carboxylic acids is 2. The number of benzene rings is 3. The van der Waals surface area contributed by atoms with E-state index in [4.69, 9.17) is 14.7 Å². The molecule has 0 radical (unpaired) electrons. The zero-order valence-electron chi connectivity index (χ0n) is 16.1. The standard InChI is InChI=1S/C23H20N2O4/c1-15(22(26)25-21-9-5-7-18-6-3-4-8-20(18)21)29-23(27)16(2)28-19-12-10-17(14-24)11-13-19/h3-13,15-16H,1-2H3,(H,25,26)/t15-,16+/m1/s1. The average Bonchev–Trinajstić information content (AvgIpc) is 2.74. The van der Waals surface area contributed by atoms with Crippen LogP contribution in [-0.2, 0) is 14.3 Å². The second-order valence-electron chi connectivity index (χ2n) is 6.49. The van der Waals surface area contributed by atoms with Crippen LogP contribution in [0.3, 0.4) is 0 Å². The van der Waals surface area contributed by atoms with Gasteiger partial charge in [0.2, 0.25) is 0 Å². The number of anilines is 1. The summed E-state index contributed by atoms with van der Waals surface area (Å²) in [6.45, 7) is 3.04. The number of nitrogens with one attached hydrogen (secondary N) is 1. The summed E-state index contributed by atoms with van der Waals surface area (Å²) in [7, 11) is 0. The molecule has 146 valence electrons. The lowest BCUT2D eigenvalue weighted by Crippen LogP contribution is -2.35. The number of nitrogens with zero attached hydrogens (tertiary/aromatic N) is 1. The minimum absolute atomic E-state index is 0.430. The molecular formula is C23H20N2O4. The number of esters is 1. The first-order valence-corrected chi connectivity index (χ1v) is 9.14. The highest BCUT2D eigenvalue weighted by atomic mass is 16.6. The summed E-state index contributed by atoms with van der Waals surface area (Å²) in [5.74, 6) is -0.656. The second kappa shape index (κ2) is 8.89. The first-order chi connectivity index (χ1) is 14.0. The summed E-state index contributed by atoms with van der Waals surface area (Å²) in [4.78, 5) is 24.8. The van der Waals surface area contributed by atoms with Gasteiger partial charge in [-0.2, -0.15) is 5.26 Å². The molecule has 0 saturated heterocycles. The highest BCUT2D eigenvalue weighted by Gasteiger charge is 2.23. The number of fused-ring (bicyclic) bond motifs is 1. The van der Waals surface area contributed by atoms with Crippen molar-refractivity contribution in [1.82, 2.24) is 0 Å². The molecule has 3 aromatic carbocycles. The van der Waals surface area contributed by atoms with Crippen molar-refractivity contribution in [2.45, 2.75) is 26.1 Å². The monoisotopic (exact) mass is 388 g/mol. The van der Waals surface area contributed by atoms with Crippen molar-refractivity contribution < 1.29 is 19.1 Å². The van der Waals surface area contributed by atoms with Crippen LogP contribution in [0.5, 0.6) is 5.75 Å². The van der Waals surface area contributed by atoms with E-state index in [9.17, 15) is 9.59 Å². The van der Waals surface area contributed by atoms with Crippen molar-refractivity contribution in [3.05, 3.63) is 72.3 Å². The molecule has 0 aliphatic rings. The molecule has 0 bridgehead atoms. The number of amides is 1. The third-order valence-electron chi connectivity index (χ3n) is 4.34. The molecule has 3 rings (SSSR count). The molecule has 0 fully saturated rings. The molecule has 2 atom stereocenters. The molecule has 0 aliphatic carbocycles. The summed E-state index contributed by atoms with van der Waals surface area (Å²) < 4.78 is 10.8. The molecule has 0 heterocycles. The number of hydrogen-bond donors (Lipinski definition) is 1. The second-order valence-corrected chi connectivity index (χ2v) is 6.49. The molecule has 0 unspecified atom stereocenters. The van der Waals surface area contributed by atoms with Crippen LogP contribution < -0.4 is 10.1 Å². The van der Waals surface area contributed by atoms with E-state index in [-0.39, 0.29) is 0 Å². The maximum atomic E-state index is 12.5. The first kappa shape index (κ1) is 19.9. The van der Waals surface area contributed by atoms with E-state index in [1.54, 1.807) is 30.3 Å². The fraction of sp³-hybridized carbons (Fsp3) is 0.174. The van der Waals surface area contributed by atoms with Crippen LogP contribution in [0.25, 0.3) is 10.8 Å². The fourth-order valence-electron chi connectivity index (χ4n) is 2.75. The van der Waals surface area contributed by atoms with Crippen LogP contribution >= 0.6 is 0 Å². The topological polar surface area (TPSA) is 88.4 Å². The van der Waals surface area contributed by atoms with E-state index in [0.717, 1.165) is 10.8 Å². The van der Waals surface area contributed by atoms with Gasteiger partial charge < -0.3 is 14.8 Å². The van der Waals surface area contributed by atoms with E-state index < -0.39 is 24.1 Å². The highest BCUT2D eigenvalue weighted by Crippen LogP contribution is 2.23. The summed E-state index contributed by atoms with van der Waals surface area (Å²) in [6, 6.07) is 21.7. The van der Waals surface area contributed by atoms with Crippen LogP contribution in [0.2, 0.25) is 0 Å². The lowest BCUT2D eigenvalue weighted by molar-refractivity contribution is -0.159. The van der Waals surface area contributed by atoms with Crippen molar-refractivity contribution in [3.8, 4) is 11.8 Å². The Morgan fingerprint density at radius 1 is 0.931 bits per heavy atom. The van der Waals surface area contributed by atoms with Gasteiger partial charge in [-0.3, -0.25) is 4.79 Å². The number of ether oxygens (including phenoxy) is 2. The first-order valence-electron chi connectivity index (χ1n) is 9.14. The predicted octanol–water partition coefficient (Wildman–Crippen LogP) is 4.05. The van der Waals surface area contributed by atoms with Gasteiger partial charge in [0, 0.05) is 11.1 Å². The third kappa shape index (κ3) is 4.90. The van der Waals surface area contributed by atoms with Crippen LogP contribution in [0.4, 0.5) is 5.69 Å². The zero-order chi connectivity index (χ0) is 20.8. The summed E-state index contributed by atoms with van der Waals surface area (Å²) in [6.07, 6.45) is -1.90. The Bertz CT molecular complexity index is 1060. The normalized spacial score (nSPS) is 12.4. The van der Waals surface area contributed by atoms with E-state index in [0.29, 0.717) is 17.0 Å². The van der Waals surface area contributed by atoms with Gasteiger partial charge in [0.25, 0.3) is 5.91 Å². The molecule has 6 nitrogen and oxygen atoms in total. The lowest BCUT2D eigenvalue weighted by Gasteiger charge is -2.18. The van der Waals surface area contributed by atoms with Crippen molar-refractivity contribution in [2.75, 3.05) is 5.32 Å². The number of carbonyl (C=O) groups is 2.